The number of halogens is 1. The number of rotatable bonds is 9. The van der Waals surface area contributed by atoms with E-state index >= 15 is 0 Å². The zero-order valence-electron chi connectivity index (χ0n) is 23.0. The van der Waals surface area contributed by atoms with Crippen molar-refractivity contribution in [3.8, 4) is 5.75 Å². The smallest absolute Gasteiger partial charge is 0.258 e. The second-order valence-electron chi connectivity index (χ2n) is 10.6. The predicted octanol–water partition coefficient (Wildman–Crippen LogP) is 6.48. The van der Waals surface area contributed by atoms with Gasteiger partial charge in [-0.05, 0) is 80.4 Å². The van der Waals surface area contributed by atoms with E-state index in [-0.39, 0.29) is 29.6 Å². The van der Waals surface area contributed by atoms with Gasteiger partial charge in [-0.15, -0.1) is 0 Å². The van der Waals surface area contributed by atoms with Crippen molar-refractivity contribution in [3.63, 3.8) is 0 Å². The van der Waals surface area contributed by atoms with E-state index in [1.165, 1.54) is 36.3 Å². The maximum absolute atomic E-state index is 13.8. The molecule has 1 saturated heterocycles. The van der Waals surface area contributed by atoms with E-state index < -0.39 is 0 Å². The number of phenols is 1. The van der Waals surface area contributed by atoms with Gasteiger partial charge in [-0.2, -0.15) is 0 Å². The summed E-state index contributed by atoms with van der Waals surface area (Å²) in [6, 6.07) is 21.8. The Labute approximate surface area is 226 Å². The first-order valence-corrected chi connectivity index (χ1v) is 13.7. The Morgan fingerprint density at radius 2 is 1.68 bits per heavy atom. The lowest BCUT2D eigenvalue weighted by atomic mass is 9.92. The number of hydrogen-bond donors (Lipinski definition) is 1. The zero-order valence-corrected chi connectivity index (χ0v) is 23.0. The van der Waals surface area contributed by atoms with Gasteiger partial charge in [0.15, 0.2) is 0 Å². The molecule has 0 spiro atoms. The van der Waals surface area contributed by atoms with Gasteiger partial charge in [0.25, 0.3) is 5.91 Å². The average Bonchev–Trinajstić information content (AvgIpc) is 2.91. The number of amides is 1. The molecule has 5 nitrogen and oxygen atoms in total. The molecule has 3 aromatic rings. The summed E-state index contributed by atoms with van der Waals surface area (Å²) in [6.07, 6.45) is 3.68. The molecule has 3 atom stereocenters. The highest BCUT2D eigenvalue weighted by molar-refractivity contribution is 6.05. The van der Waals surface area contributed by atoms with Crippen molar-refractivity contribution >= 4 is 11.6 Å². The van der Waals surface area contributed by atoms with Gasteiger partial charge < -0.3 is 10.0 Å². The largest absolute Gasteiger partial charge is 0.508 e. The van der Waals surface area contributed by atoms with Gasteiger partial charge in [-0.1, -0.05) is 50.1 Å². The van der Waals surface area contributed by atoms with Crippen molar-refractivity contribution in [2.45, 2.75) is 58.2 Å². The topological polar surface area (TPSA) is 47.0 Å². The Kier molecular flexibility index (Phi) is 9.18. The quantitative estimate of drug-likeness (QED) is 0.330. The highest BCUT2D eigenvalue weighted by Gasteiger charge is 2.35. The minimum atomic E-state index is -0.378. The number of piperazine rings is 1. The molecule has 38 heavy (non-hydrogen) atoms. The van der Waals surface area contributed by atoms with Gasteiger partial charge in [0, 0.05) is 43.5 Å². The third-order valence-electron chi connectivity index (χ3n) is 7.68. The van der Waals surface area contributed by atoms with E-state index in [1.807, 2.05) is 30.3 Å². The van der Waals surface area contributed by atoms with E-state index in [2.05, 4.69) is 36.6 Å². The standard InChI is InChI=1S/C32H40FN3O2/c1-5-6-7-17-35-21-24(3)36(22-23(35)2)31(26-12-9-16-30(37)19-26)25-11-8-13-27(18-25)32(38)34(4)29-15-10-14-28(33)20-29/h8-16,18-20,23-24,31,37H,5-7,17,21-22H2,1-4H3/t23-,24+,31-/m1/s1. The van der Waals surface area contributed by atoms with E-state index in [4.69, 9.17) is 0 Å². The van der Waals surface area contributed by atoms with Crippen LogP contribution < -0.4 is 4.90 Å². The van der Waals surface area contributed by atoms with Gasteiger partial charge in [-0.25, -0.2) is 4.39 Å². The first kappa shape index (κ1) is 27.8. The molecular formula is C32H40FN3O2. The number of unbranched alkanes of at least 4 members (excludes halogenated alkanes) is 2. The lowest BCUT2D eigenvalue weighted by Crippen LogP contribution is -2.57. The molecule has 0 bridgehead atoms. The van der Waals surface area contributed by atoms with Crippen molar-refractivity contribution in [1.82, 2.24) is 9.80 Å². The van der Waals surface area contributed by atoms with Crippen LogP contribution >= 0.6 is 0 Å². The molecule has 1 aliphatic rings. The highest BCUT2D eigenvalue weighted by Crippen LogP contribution is 2.35. The third kappa shape index (κ3) is 6.43. The van der Waals surface area contributed by atoms with E-state index in [0.717, 1.165) is 30.8 Å². The van der Waals surface area contributed by atoms with Crippen LogP contribution in [-0.2, 0) is 0 Å². The monoisotopic (exact) mass is 517 g/mol. The molecule has 1 aliphatic heterocycles. The van der Waals surface area contributed by atoms with Crippen LogP contribution in [0.15, 0.2) is 72.8 Å². The third-order valence-corrected chi connectivity index (χ3v) is 7.68. The second-order valence-corrected chi connectivity index (χ2v) is 10.6. The molecule has 6 heteroatoms. The van der Waals surface area contributed by atoms with E-state index in [9.17, 15) is 14.3 Å². The number of aromatic hydroxyl groups is 1. The number of hydrogen-bond acceptors (Lipinski definition) is 4. The SMILES string of the molecule is CCCCCN1C[C@H](C)N([C@@H](c2cccc(O)c2)c2cccc(C(=O)N(C)c3cccc(F)c3)c2)C[C@H]1C. The highest BCUT2D eigenvalue weighted by atomic mass is 19.1. The predicted molar refractivity (Wildman–Crippen MR) is 152 cm³/mol. The Balaban J connectivity index is 1.66. The first-order chi connectivity index (χ1) is 18.3. The summed E-state index contributed by atoms with van der Waals surface area (Å²) < 4.78 is 13.8. The summed E-state index contributed by atoms with van der Waals surface area (Å²) >= 11 is 0. The molecule has 1 amide bonds. The van der Waals surface area contributed by atoms with Gasteiger partial charge >= 0.3 is 0 Å². The molecule has 0 aromatic heterocycles. The van der Waals surface area contributed by atoms with Crippen LogP contribution in [0.3, 0.4) is 0 Å². The van der Waals surface area contributed by atoms with Gasteiger partial charge in [0.2, 0.25) is 0 Å². The Bertz CT molecular complexity index is 1230. The molecule has 0 aliphatic carbocycles. The van der Waals surface area contributed by atoms with Crippen LogP contribution in [0.4, 0.5) is 10.1 Å². The summed E-state index contributed by atoms with van der Waals surface area (Å²) in [4.78, 5) is 20.0. The van der Waals surface area contributed by atoms with Gasteiger partial charge in [0.05, 0.1) is 6.04 Å². The summed E-state index contributed by atoms with van der Waals surface area (Å²) in [5.74, 6) is -0.351. The van der Waals surface area contributed by atoms with Crippen LogP contribution in [-0.4, -0.2) is 59.6 Å². The molecule has 0 unspecified atom stereocenters. The lowest BCUT2D eigenvalue weighted by molar-refractivity contribution is 0.0232. The van der Waals surface area contributed by atoms with E-state index in [0.29, 0.717) is 17.3 Å². The van der Waals surface area contributed by atoms with Crippen LogP contribution in [0, 0.1) is 5.82 Å². The molecule has 0 radical (unpaired) electrons. The molecular weight excluding hydrogens is 477 g/mol. The second kappa shape index (κ2) is 12.5. The van der Waals surface area contributed by atoms with Gasteiger partial charge in [0.1, 0.15) is 11.6 Å². The molecule has 3 aromatic carbocycles. The van der Waals surface area contributed by atoms with Gasteiger partial charge in [-0.3, -0.25) is 14.6 Å². The van der Waals surface area contributed by atoms with Crippen LogP contribution in [0.1, 0.15) is 67.6 Å². The summed E-state index contributed by atoms with van der Waals surface area (Å²) in [5.41, 5.74) is 3.03. The van der Waals surface area contributed by atoms with E-state index in [1.54, 1.807) is 31.3 Å². The van der Waals surface area contributed by atoms with Crippen molar-refractivity contribution in [3.05, 3.63) is 95.3 Å². The fourth-order valence-electron chi connectivity index (χ4n) is 5.57. The van der Waals surface area contributed by atoms with Crippen molar-refractivity contribution in [1.29, 1.82) is 0 Å². The number of phenolic OH excluding ortho intramolecular Hbond substituents is 1. The molecule has 1 heterocycles. The number of benzene rings is 3. The minimum absolute atomic E-state index is 0.121. The maximum Gasteiger partial charge on any atom is 0.258 e. The number of anilines is 1. The lowest BCUT2D eigenvalue weighted by Gasteiger charge is -2.48. The number of nitrogens with zero attached hydrogens (tertiary/aromatic N) is 3. The van der Waals surface area contributed by atoms with Crippen LogP contribution in [0.25, 0.3) is 0 Å². The zero-order chi connectivity index (χ0) is 27.2. The minimum Gasteiger partial charge on any atom is -0.508 e. The molecule has 1 fully saturated rings. The molecule has 4 rings (SSSR count). The summed E-state index contributed by atoms with van der Waals surface area (Å²) in [7, 11) is 1.66. The van der Waals surface area contributed by atoms with Crippen LogP contribution in [0.5, 0.6) is 5.75 Å². The Morgan fingerprint density at radius 3 is 2.39 bits per heavy atom. The van der Waals surface area contributed by atoms with Crippen molar-refractivity contribution in [2.24, 2.45) is 0 Å². The fraction of sp³-hybridized carbons (Fsp3) is 0.406. The maximum atomic E-state index is 13.8. The Hall–Kier alpha value is -3.22. The average molecular weight is 518 g/mol. The van der Waals surface area contributed by atoms with Crippen molar-refractivity contribution < 1.29 is 14.3 Å². The Morgan fingerprint density at radius 1 is 0.974 bits per heavy atom. The number of carbonyl (C=O) groups is 1. The summed E-state index contributed by atoms with van der Waals surface area (Å²) in [6.45, 7) is 9.76. The fourth-order valence-corrected chi connectivity index (χ4v) is 5.57. The number of carbonyl (C=O) groups excluding carboxylic acids is 1. The summed E-state index contributed by atoms with van der Waals surface area (Å²) in [5, 5.41) is 10.3. The van der Waals surface area contributed by atoms with Crippen molar-refractivity contribution in [2.75, 3.05) is 31.6 Å². The molecule has 1 N–H and O–H groups in total. The molecule has 202 valence electrons. The first-order valence-electron chi connectivity index (χ1n) is 13.7. The normalized spacial score (nSPS) is 19.3. The molecule has 0 saturated carbocycles. The van der Waals surface area contributed by atoms with Crippen LogP contribution in [0.2, 0.25) is 0 Å².